The average molecular weight is 215 g/mol. The third kappa shape index (κ3) is 1.64. The van der Waals surface area contributed by atoms with E-state index < -0.39 is 0 Å². The fourth-order valence-electron chi connectivity index (χ4n) is 0.765. The summed E-state index contributed by atoms with van der Waals surface area (Å²) >= 11 is 8.41. The van der Waals surface area contributed by atoms with Crippen LogP contribution in [0.3, 0.4) is 0 Å². The minimum atomic E-state index is 0.247. The SMILES string of the molecule is C=CC1C=CC(Br)=CC1=S. The lowest BCUT2D eigenvalue weighted by atomic mass is 10.0. The highest BCUT2D eigenvalue weighted by Gasteiger charge is 2.08. The first-order chi connectivity index (χ1) is 4.74. The second-order valence-corrected chi connectivity index (χ2v) is 3.44. The zero-order valence-electron chi connectivity index (χ0n) is 5.38. The second kappa shape index (κ2) is 3.26. The van der Waals surface area contributed by atoms with E-state index >= 15 is 0 Å². The highest BCUT2D eigenvalue weighted by molar-refractivity contribution is 9.11. The van der Waals surface area contributed by atoms with Gasteiger partial charge in [-0.25, -0.2) is 0 Å². The molecule has 0 fully saturated rings. The maximum Gasteiger partial charge on any atom is 0.0302 e. The lowest BCUT2D eigenvalue weighted by Crippen LogP contribution is -2.06. The van der Waals surface area contributed by atoms with Gasteiger partial charge in [0.1, 0.15) is 0 Å². The zero-order valence-corrected chi connectivity index (χ0v) is 7.78. The fourth-order valence-corrected chi connectivity index (χ4v) is 1.62. The van der Waals surface area contributed by atoms with Crippen LogP contribution in [0.4, 0.5) is 0 Å². The Morgan fingerprint density at radius 1 is 1.70 bits per heavy atom. The van der Waals surface area contributed by atoms with Crippen molar-refractivity contribution in [2.45, 2.75) is 0 Å². The van der Waals surface area contributed by atoms with Crippen molar-refractivity contribution in [3.63, 3.8) is 0 Å². The monoisotopic (exact) mass is 214 g/mol. The van der Waals surface area contributed by atoms with Crippen LogP contribution < -0.4 is 0 Å². The van der Waals surface area contributed by atoms with Crippen molar-refractivity contribution in [1.29, 1.82) is 0 Å². The van der Waals surface area contributed by atoms with Gasteiger partial charge in [0.05, 0.1) is 0 Å². The topological polar surface area (TPSA) is 0 Å². The molecule has 1 atom stereocenters. The van der Waals surface area contributed by atoms with Crippen LogP contribution in [-0.4, -0.2) is 4.86 Å². The summed E-state index contributed by atoms with van der Waals surface area (Å²) < 4.78 is 1.04. The highest BCUT2D eigenvalue weighted by Crippen LogP contribution is 2.18. The lowest BCUT2D eigenvalue weighted by Gasteiger charge is -2.09. The molecule has 0 aromatic carbocycles. The first-order valence-corrected chi connectivity index (χ1v) is 4.16. The van der Waals surface area contributed by atoms with E-state index in [0.717, 1.165) is 9.35 Å². The molecular formula is C8H7BrS. The van der Waals surface area contributed by atoms with E-state index in [-0.39, 0.29) is 5.92 Å². The summed E-state index contributed by atoms with van der Waals surface area (Å²) in [5.41, 5.74) is 0. The molecule has 0 nitrogen and oxygen atoms in total. The number of allylic oxidation sites excluding steroid dienone is 5. The largest absolute Gasteiger partial charge is 0.102 e. The van der Waals surface area contributed by atoms with Gasteiger partial charge in [0, 0.05) is 15.3 Å². The van der Waals surface area contributed by atoms with Gasteiger partial charge in [-0.2, -0.15) is 0 Å². The van der Waals surface area contributed by atoms with E-state index in [0.29, 0.717) is 0 Å². The molecule has 1 unspecified atom stereocenters. The van der Waals surface area contributed by atoms with Crippen LogP contribution in [0.1, 0.15) is 0 Å². The van der Waals surface area contributed by atoms with Crippen molar-refractivity contribution in [2.24, 2.45) is 5.92 Å². The number of hydrogen-bond acceptors (Lipinski definition) is 1. The van der Waals surface area contributed by atoms with E-state index in [2.05, 4.69) is 22.5 Å². The Balaban J connectivity index is 2.83. The Morgan fingerprint density at radius 2 is 2.40 bits per heavy atom. The molecular weight excluding hydrogens is 208 g/mol. The average Bonchev–Trinajstić information content (AvgIpc) is 1.88. The molecule has 0 saturated carbocycles. The van der Waals surface area contributed by atoms with Crippen LogP contribution in [0.2, 0.25) is 0 Å². The van der Waals surface area contributed by atoms with Crippen molar-refractivity contribution >= 4 is 33.0 Å². The summed E-state index contributed by atoms with van der Waals surface area (Å²) in [5, 5.41) is 0. The van der Waals surface area contributed by atoms with Gasteiger partial charge in [0.25, 0.3) is 0 Å². The number of rotatable bonds is 1. The van der Waals surface area contributed by atoms with E-state index in [1.54, 1.807) is 0 Å². The van der Waals surface area contributed by atoms with E-state index in [9.17, 15) is 0 Å². The molecule has 1 rings (SSSR count). The minimum absolute atomic E-state index is 0.247. The Hall–Kier alpha value is -0.210. The standard InChI is InChI=1S/C8H7BrS/c1-2-6-3-4-7(9)5-8(6)10/h2-6H,1H2. The molecule has 0 aromatic heterocycles. The van der Waals surface area contributed by atoms with E-state index in [1.807, 2.05) is 24.3 Å². The third-order valence-electron chi connectivity index (χ3n) is 1.33. The number of halogens is 1. The maximum absolute atomic E-state index is 5.07. The molecule has 0 aromatic rings. The quantitative estimate of drug-likeness (QED) is 0.478. The smallest absolute Gasteiger partial charge is 0.0302 e. The summed E-state index contributed by atoms with van der Waals surface area (Å²) in [6.07, 6.45) is 7.79. The first kappa shape index (κ1) is 7.89. The van der Waals surface area contributed by atoms with Gasteiger partial charge < -0.3 is 0 Å². The van der Waals surface area contributed by atoms with E-state index in [1.165, 1.54) is 0 Å². The molecule has 1 aliphatic carbocycles. The molecule has 0 spiro atoms. The molecule has 0 saturated heterocycles. The molecule has 2 heteroatoms. The van der Waals surface area contributed by atoms with Crippen molar-refractivity contribution in [3.05, 3.63) is 35.4 Å². The van der Waals surface area contributed by atoms with Gasteiger partial charge in [-0.05, 0) is 6.08 Å². The summed E-state index contributed by atoms with van der Waals surface area (Å²) in [5.74, 6) is 0.247. The zero-order chi connectivity index (χ0) is 7.56. The van der Waals surface area contributed by atoms with Gasteiger partial charge in [-0.15, -0.1) is 6.58 Å². The van der Waals surface area contributed by atoms with Crippen molar-refractivity contribution < 1.29 is 0 Å². The Labute approximate surface area is 74.4 Å². The summed E-state index contributed by atoms with van der Waals surface area (Å²) in [6.45, 7) is 3.68. The van der Waals surface area contributed by atoms with Crippen LogP contribution in [0.5, 0.6) is 0 Å². The van der Waals surface area contributed by atoms with Gasteiger partial charge >= 0.3 is 0 Å². The first-order valence-electron chi connectivity index (χ1n) is 2.96. The molecule has 0 N–H and O–H groups in total. The van der Waals surface area contributed by atoms with E-state index in [4.69, 9.17) is 12.2 Å². The second-order valence-electron chi connectivity index (χ2n) is 2.05. The third-order valence-corrected chi connectivity index (χ3v) is 2.21. The number of hydrogen-bond donors (Lipinski definition) is 0. The molecule has 0 aliphatic heterocycles. The summed E-state index contributed by atoms with van der Waals surface area (Å²) in [6, 6.07) is 0. The molecule has 10 heavy (non-hydrogen) atoms. The van der Waals surface area contributed by atoms with Crippen LogP contribution in [0, 0.1) is 5.92 Å². The number of thiocarbonyl (C=S) groups is 1. The Morgan fingerprint density at radius 3 is 2.90 bits per heavy atom. The van der Waals surface area contributed by atoms with Gasteiger partial charge in [-0.3, -0.25) is 0 Å². The Bertz CT molecular complexity index is 225. The predicted molar refractivity (Wildman–Crippen MR) is 52.4 cm³/mol. The van der Waals surface area contributed by atoms with Gasteiger partial charge in [0.15, 0.2) is 0 Å². The van der Waals surface area contributed by atoms with Crippen molar-refractivity contribution in [1.82, 2.24) is 0 Å². The van der Waals surface area contributed by atoms with Crippen molar-refractivity contribution in [3.8, 4) is 0 Å². The molecule has 0 heterocycles. The summed E-state index contributed by atoms with van der Waals surface area (Å²) in [4.78, 5) is 0.921. The molecule has 0 amide bonds. The van der Waals surface area contributed by atoms with Gasteiger partial charge in [-0.1, -0.05) is 46.4 Å². The molecule has 52 valence electrons. The van der Waals surface area contributed by atoms with Crippen LogP contribution in [0.25, 0.3) is 0 Å². The fraction of sp³-hybridized carbons (Fsp3) is 0.125. The highest BCUT2D eigenvalue weighted by atomic mass is 79.9. The Kier molecular flexibility index (Phi) is 2.57. The lowest BCUT2D eigenvalue weighted by molar-refractivity contribution is 1.16. The molecule has 1 aliphatic rings. The predicted octanol–water partition coefficient (Wildman–Crippen LogP) is 3.01. The van der Waals surface area contributed by atoms with Crippen LogP contribution in [0.15, 0.2) is 35.4 Å². The van der Waals surface area contributed by atoms with Crippen molar-refractivity contribution in [2.75, 3.05) is 0 Å². The minimum Gasteiger partial charge on any atom is -0.102 e. The normalized spacial score (nSPS) is 24.3. The molecule has 0 radical (unpaired) electrons. The van der Waals surface area contributed by atoms with Gasteiger partial charge in [0.2, 0.25) is 0 Å². The van der Waals surface area contributed by atoms with Crippen LogP contribution in [-0.2, 0) is 0 Å². The molecule has 0 bridgehead atoms. The maximum atomic E-state index is 5.07. The van der Waals surface area contributed by atoms with Crippen LogP contribution >= 0.6 is 28.1 Å². The summed E-state index contributed by atoms with van der Waals surface area (Å²) in [7, 11) is 0.